The van der Waals surface area contributed by atoms with E-state index in [0.29, 0.717) is 40.0 Å². The van der Waals surface area contributed by atoms with E-state index in [2.05, 4.69) is 6.07 Å². The molecule has 1 atom stereocenters. The number of benzene rings is 1. The van der Waals surface area contributed by atoms with Gasteiger partial charge in [0, 0.05) is 17.2 Å². The standard InChI is InChI=1S/C22H24ClN3O2/c1-5-28-18-10-9-15(11-17(18)23)20-19(13(2)3)22(27)26-14(4)7-6-8-16(12-24)21(26)25-20/h8-11,13-14H,5-7H2,1-4H3. The highest BCUT2D eigenvalue weighted by atomic mass is 35.5. The zero-order valence-corrected chi connectivity index (χ0v) is 17.4. The second-order valence-corrected chi connectivity index (χ2v) is 7.67. The summed E-state index contributed by atoms with van der Waals surface area (Å²) in [5.74, 6) is 1.00. The highest BCUT2D eigenvalue weighted by Gasteiger charge is 2.26. The van der Waals surface area contributed by atoms with Crippen molar-refractivity contribution < 1.29 is 4.74 Å². The van der Waals surface area contributed by atoms with E-state index >= 15 is 0 Å². The van der Waals surface area contributed by atoms with Gasteiger partial charge in [0.25, 0.3) is 5.56 Å². The molecule has 1 aliphatic rings. The van der Waals surface area contributed by atoms with Crippen LogP contribution in [0.4, 0.5) is 0 Å². The minimum Gasteiger partial charge on any atom is -0.492 e. The van der Waals surface area contributed by atoms with Crippen LogP contribution in [0.5, 0.6) is 5.75 Å². The maximum Gasteiger partial charge on any atom is 0.258 e. The number of aromatic nitrogens is 2. The molecule has 0 bridgehead atoms. The number of hydrogen-bond donors (Lipinski definition) is 0. The van der Waals surface area contributed by atoms with E-state index in [1.165, 1.54) is 0 Å². The minimum atomic E-state index is -0.0874. The Hall–Kier alpha value is -2.58. The van der Waals surface area contributed by atoms with Crippen molar-refractivity contribution in [2.75, 3.05) is 6.61 Å². The largest absolute Gasteiger partial charge is 0.492 e. The molecule has 0 fully saturated rings. The Morgan fingerprint density at radius 3 is 2.79 bits per heavy atom. The molecule has 1 aromatic carbocycles. The number of hydrogen-bond acceptors (Lipinski definition) is 4. The Morgan fingerprint density at radius 1 is 1.43 bits per heavy atom. The summed E-state index contributed by atoms with van der Waals surface area (Å²) in [6, 6.07) is 7.61. The summed E-state index contributed by atoms with van der Waals surface area (Å²) in [5, 5.41) is 10.1. The molecule has 0 radical (unpaired) electrons. The molecular formula is C22H24ClN3O2. The summed E-state index contributed by atoms with van der Waals surface area (Å²) < 4.78 is 7.19. The van der Waals surface area contributed by atoms with Crippen LogP contribution in [0.25, 0.3) is 16.8 Å². The van der Waals surface area contributed by atoms with E-state index in [-0.39, 0.29) is 17.5 Å². The van der Waals surface area contributed by atoms with Gasteiger partial charge in [-0.05, 0) is 50.8 Å². The van der Waals surface area contributed by atoms with Crippen LogP contribution < -0.4 is 10.3 Å². The van der Waals surface area contributed by atoms with Crippen molar-refractivity contribution in [2.45, 2.75) is 52.5 Å². The highest BCUT2D eigenvalue weighted by Crippen LogP contribution is 2.34. The summed E-state index contributed by atoms with van der Waals surface area (Å²) in [6.45, 7) is 8.37. The molecule has 1 aliphatic heterocycles. The number of halogens is 1. The molecule has 3 rings (SSSR count). The topological polar surface area (TPSA) is 67.9 Å². The summed E-state index contributed by atoms with van der Waals surface area (Å²) >= 11 is 6.38. The molecule has 2 aromatic rings. The van der Waals surface area contributed by atoms with Gasteiger partial charge in [-0.15, -0.1) is 0 Å². The second kappa shape index (κ2) is 8.20. The average molecular weight is 398 g/mol. The summed E-state index contributed by atoms with van der Waals surface area (Å²) in [7, 11) is 0. The number of ether oxygens (including phenoxy) is 1. The van der Waals surface area contributed by atoms with Crippen molar-refractivity contribution >= 4 is 17.2 Å². The van der Waals surface area contributed by atoms with Crippen molar-refractivity contribution in [3.05, 3.63) is 51.0 Å². The Kier molecular flexibility index (Phi) is 5.90. The molecule has 146 valence electrons. The van der Waals surface area contributed by atoms with Gasteiger partial charge in [-0.25, -0.2) is 4.98 Å². The van der Waals surface area contributed by atoms with Gasteiger partial charge in [-0.3, -0.25) is 9.36 Å². The van der Waals surface area contributed by atoms with E-state index in [1.54, 1.807) is 16.7 Å². The number of nitrogens with zero attached hydrogens (tertiary/aromatic N) is 3. The maximum absolute atomic E-state index is 13.5. The Bertz CT molecular complexity index is 1030. The van der Waals surface area contributed by atoms with Gasteiger partial charge >= 0.3 is 0 Å². The van der Waals surface area contributed by atoms with Gasteiger partial charge in [0.15, 0.2) is 5.82 Å². The first-order valence-corrected chi connectivity index (χ1v) is 9.96. The lowest BCUT2D eigenvalue weighted by atomic mass is 9.97. The Labute approximate surface area is 170 Å². The highest BCUT2D eigenvalue weighted by molar-refractivity contribution is 6.32. The first-order valence-electron chi connectivity index (χ1n) is 9.58. The van der Waals surface area contributed by atoms with Crippen molar-refractivity contribution in [3.8, 4) is 23.1 Å². The summed E-state index contributed by atoms with van der Waals surface area (Å²) in [6.07, 6.45) is 3.41. The van der Waals surface area contributed by atoms with Gasteiger partial charge in [0.1, 0.15) is 11.8 Å². The van der Waals surface area contributed by atoms with Crippen molar-refractivity contribution in [2.24, 2.45) is 0 Å². The first kappa shape index (κ1) is 20.2. The number of rotatable bonds is 4. The number of fused-ring (bicyclic) bond motifs is 1. The zero-order chi connectivity index (χ0) is 20.4. The van der Waals surface area contributed by atoms with Crippen LogP contribution in [0.2, 0.25) is 5.02 Å². The van der Waals surface area contributed by atoms with Gasteiger partial charge < -0.3 is 4.74 Å². The third kappa shape index (κ3) is 3.57. The van der Waals surface area contributed by atoms with Crippen molar-refractivity contribution in [3.63, 3.8) is 0 Å². The fourth-order valence-corrected chi connectivity index (χ4v) is 3.83. The van der Waals surface area contributed by atoms with Crippen LogP contribution in [0.3, 0.4) is 0 Å². The smallest absolute Gasteiger partial charge is 0.258 e. The number of allylic oxidation sites excluding steroid dienone is 2. The second-order valence-electron chi connectivity index (χ2n) is 7.26. The van der Waals surface area contributed by atoms with Gasteiger partial charge in [0.2, 0.25) is 0 Å². The quantitative estimate of drug-likeness (QED) is 0.697. The zero-order valence-electron chi connectivity index (χ0n) is 16.6. The predicted octanol–water partition coefficient (Wildman–Crippen LogP) is 5.35. The number of nitriles is 1. The Balaban J connectivity index is 2.32. The third-order valence-electron chi connectivity index (χ3n) is 4.97. The molecule has 0 saturated carbocycles. The van der Waals surface area contributed by atoms with E-state index in [1.807, 2.05) is 39.8 Å². The lowest BCUT2D eigenvalue weighted by Gasteiger charge is -2.21. The van der Waals surface area contributed by atoms with Gasteiger partial charge in [-0.2, -0.15) is 5.26 Å². The van der Waals surface area contributed by atoms with Crippen LogP contribution in [-0.2, 0) is 0 Å². The van der Waals surface area contributed by atoms with Crippen molar-refractivity contribution in [1.82, 2.24) is 9.55 Å². The normalized spacial score (nSPS) is 16.2. The fourth-order valence-electron chi connectivity index (χ4n) is 3.59. The minimum absolute atomic E-state index is 0.0208. The molecule has 0 amide bonds. The van der Waals surface area contributed by atoms with Crippen LogP contribution in [0.1, 0.15) is 63.9 Å². The molecule has 0 saturated heterocycles. The molecule has 6 heteroatoms. The molecule has 0 spiro atoms. The molecule has 0 aliphatic carbocycles. The van der Waals surface area contributed by atoms with Crippen LogP contribution in [-0.4, -0.2) is 16.2 Å². The van der Waals surface area contributed by atoms with Crippen LogP contribution >= 0.6 is 11.6 Å². The van der Waals surface area contributed by atoms with Crippen LogP contribution in [0.15, 0.2) is 29.1 Å². The monoisotopic (exact) mass is 397 g/mol. The maximum atomic E-state index is 13.5. The lowest BCUT2D eigenvalue weighted by Crippen LogP contribution is -2.31. The average Bonchev–Trinajstić information content (AvgIpc) is 2.81. The lowest BCUT2D eigenvalue weighted by molar-refractivity contribution is 0.340. The third-order valence-corrected chi connectivity index (χ3v) is 5.26. The van der Waals surface area contributed by atoms with E-state index in [9.17, 15) is 10.1 Å². The molecule has 28 heavy (non-hydrogen) atoms. The van der Waals surface area contributed by atoms with E-state index in [4.69, 9.17) is 21.3 Å². The Morgan fingerprint density at radius 2 is 2.18 bits per heavy atom. The predicted molar refractivity (Wildman–Crippen MR) is 112 cm³/mol. The van der Waals surface area contributed by atoms with Gasteiger partial charge in [-0.1, -0.05) is 31.5 Å². The molecular weight excluding hydrogens is 374 g/mol. The SMILES string of the molecule is CCOc1ccc(-c2nc3n(c(=O)c2C(C)C)C(C)CCC=C3C#N)cc1Cl. The molecule has 5 nitrogen and oxygen atoms in total. The van der Waals surface area contributed by atoms with E-state index in [0.717, 1.165) is 18.4 Å². The summed E-state index contributed by atoms with van der Waals surface area (Å²) in [5.41, 5.74) is 2.30. The first-order chi connectivity index (χ1) is 13.4. The fraction of sp³-hybridized carbons (Fsp3) is 0.409. The van der Waals surface area contributed by atoms with E-state index < -0.39 is 0 Å². The van der Waals surface area contributed by atoms with Crippen LogP contribution in [0, 0.1) is 11.3 Å². The summed E-state index contributed by atoms with van der Waals surface area (Å²) in [4.78, 5) is 18.3. The van der Waals surface area contributed by atoms with Gasteiger partial charge in [0.05, 0.1) is 22.9 Å². The molecule has 2 heterocycles. The molecule has 0 N–H and O–H groups in total. The molecule has 1 unspecified atom stereocenters. The molecule has 1 aromatic heterocycles. The van der Waals surface area contributed by atoms with Crippen molar-refractivity contribution in [1.29, 1.82) is 5.26 Å².